The van der Waals surface area contributed by atoms with E-state index in [2.05, 4.69) is 11.4 Å². The second kappa shape index (κ2) is 8.94. The Morgan fingerprint density at radius 2 is 1.57 bits per heavy atom. The lowest BCUT2D eigenvalue weighted by molar-refractivity contribution is -0.136. The van der Waals surface area contributed by atoms with Crippen LogP contribution < -0.4 is 11.1 Å². The second-order valence-corrected chi connectivity index (χ2v) is 7.54. The SMILES string of the molecule is Cc1ccc(-c2ccc(/C(=C/C(N)C(F)(F)F)Nc3ccccc3Cl)cc2)cc1C. The fourth-order valence-electron chi connectivity index (χ4n) is 2.95. The van der Waals surface area contributed by atoms with Gasteiger partial charge in [0.05, 0.1) is 10.7 Å². The van der Waals surface area contributed by atoms with Gasteiger partial charge < -0.3 is 11.1 Å². The van der Waals surface area contributed by atoms with Crippen LogP contribution in [0.15, 0.2) is 72.8 Å². The predicted molar refractivity (Wildman–Crippen MR) is 118 cm³/mol. The van der Waals surface area contributed by atoms with Gasteiger partial charge in [-0.3, -0.25) is 0 Å². The largest absolute Gasteiger partial charge is 0.407 e. The van der Waals surface area contributed by atoms with Gasteiger partial charge in [-0.2, -0.15) is 13.2 Å². The van der Waals surface area contributed by atoms with Gasteiger partial charge >= 0.3 is 6.18 Å². The average molecular weight is 431 g/mol. The molecular weight excluding hydrogens is 409 g/mol. The number of nitrogens with two attached hydrogens (primary N) is 1. The first kappa shape index (κ1) is 21.9. The number of nitrogens with one attached hydrogen (secondary N) is 1. The fraction of sp³-hybridized carbons (Fsp3) is 0.167. The van der Waals surface area contributed by atoms with Crippen molar-refractivity contribution in [2.24, 2.45) is 5.73 Å². The number of anilines is 1. The summed E-state index contributed by atoms with van der Waals surface area (Å²) in [5, 5.41) is 3.39. The Hall–Kier alpha value is -2.76. The van der Waals surface area contributed by atoms with Gasteiger partial charge in [0.2, 0.25) is 0 Å². The third-order valence-corrected chi connectivity index (χ3v) is 5.23. The molecule has 0 bridgehead atoms. The van der Waals surface area contributed by atoms with Crippen LogP contribution in [-0.2, 0) is 0 Å². The minimum Gasteiger partial charge on any atom is -0.354 e. The van der Waals surface area contributed by atoms with E-state index in [1.54, 1.807) is 36.4 Å². The maximum Gasteiger partial charge on any atom is 0.407 e. The van der Waals surface area contributed by atoms with Crippen molar-refractivity contribution in [3.63, 3.8) is 0 Å². The molecular formula is C24H22ClF3N2. The van der Waals surface area contributed by atoms with Crippen molar-refractivity contribution >= 4 is 23.0 Å². The van der Waals surface area contributed by atoms with Crippen LogP contribution >= 0.6 is 11.6 Å². The van der Waals surface area contributed by atoms with Crippen LogP contribution in [0.25, 0.3) is 16.8 Å². The molecule has 0 aliphatic rings. The Morgan fingerprint density at radius 1 is 0.933 bits per heavy atom. The van der Waals surface area contributed by atoms with E-state index < -0.39 is 12.2 Å². The summed E-state index contributed by atoms with van der Waals surface area (Å²) in [6.45, 7) is 4.09. The van der Waals surface area contributed by atoms with E-state index in [0.29, 0.717) is 16.3 Å². The standard InChI is InChI=1S/C24H22ClF3N2/c1-15-7-8-19(13-16(15)2)17-9-11-18(12-10-17)22(14-23(29)24(26,27)28)30-21-6-4-3-5-20(21)25/h3-14,23,30H,29H2,1-2H3/b22-14-. The molecule has 0 fully saturated rings. The predicted octanol–water partition coefficient (Wildman–Crippen LogP) is 6.97. The third kappa shape index (κ3) is 5.23. The molecule has 0 amide bonds. The summed E-state index contributed by atoms with van der Waals surface area (Å²) in [5.41, 5.74) is 11.1. The van der Waals surface area contributed by atoms with Crippen molar-refractivity contribution in [2.45, 2.75) is 26.1 Å². The van der Waals surface area contributed by atoms with Crippen molar-refractivity contribution in [2.75, 3.05) is 5.32 Å². The molecule has 0 aromatic heterocycles. The topological polar surface area (TPSA) is 38.0 Å². The zero-order chi connectivity index (χ0) is 21.9. The van der Waals surface area contributed by atoms with Gasteiger partial charge in [-0.15, -0.1) is 0 Å². The number of halogens is 4. The molecule has 3 aromatic carbocycles. The maximum atomic E-state index is 13.1. The highest BCUT2D eigenvalue weighted by Crippen LogP contribution is 2.30. The quantitative estimate of drug-likeness (QED) is 0.458. The molecule has 0 aliphatic carbocycles. The number of alkyl halides is 3. The second-order valence-electron chi connectivity index (χ2n) is 7.13. The number of hydrogen-bond acceptors (Lipinski definition) is 2. The van der Waals surface area contributed by atoms with Gasteiger partial charge in [0, 0.05) is 5.70 Å². The lowest BCUT2D eigenvalue weighted by Gasteiger charge is -2.17. The fourth-order valence-corrected chi connectivity index (χ4v) is 3.14. The lowest BCUT2D eigenvalue weighted by atomic mass is 9.98. The molecule has 6 heteroatoms. The van der Waals surface area contributed by atoms with Crippen LogP contribution in [0.3, 0.4) is 0 Å². The highest BCUT2D eigenvalue weighted by Gasteiger charge is 2.35. The van der Waals surface area contributed by atoms with Crippen LogP contribution in [0.2, 0.25) is 5.02 Å². The average Bonchev–Trinajstić information content (AvgIpc) is 2.70. The monoisotopic (exact) mass is 430 g/mol. The van der Waals surface area contributed by atoms with Crippen molar-refractivity contribution in [3.05, 3.63) is 94.5 Å². The molecule has 0 radical (unpaired) electrons. The highest BCUT2D eigenvalue weighted by atomic mass is 35.5. The molecule has 3 aromatic rings. The summed E-state index contributed by atoms with van der Waals surface area (Å²) < 4.78 is 39.2. The first-order valence-corrected chi connectivity index (χ1v) is 9.76. The first-order valence-electron chi connectivity index (χ1n) is 9.39. The molecule has 1 unspecified atom stereocenters. The molecule has 0 heterocycles. The summed E-state index contributed by atoms with van der Waals surface area (Å²) in [5.74, 6) is 0. The van der Waals surface area contributed by atoms with Crippen LogP contribution in [0.4, 0.5) is 18.9 Å². The Morgan fingerprint density at radius 3 is 2.17 bits per heavy atom. The molecule has 0 aliphatic heterocycles. The normalized spacial score (nSPS) is 13.2. The molecule has 2 nitrogen and oxygen atoms in total. The van der Waals surface area contributed by atoms with Crippen molar-refractivity contribution in [3.8, 4) is 11.1 Å². The molecule has 30 heavy (non-hydrogen) atoms. The molecule has 0 spiro atoms. The van der Waals surface area contributed by atoms with Gasteiger partial charge in [0.25, 0.3) is 0 Å². The van der Waals surface area contributed by atoms with Crippen molar-refractivity contribution in [1.82, 2.24) is 0 Å². The summed E-state index contributed by atoms with van der Waals surface area (Å²) in [7, 11) is 0. The summed E-state index contributed by atoms with van der Waals surface area (Å²) in [6.07, 6.45) is -3.58. The van der Waals surface area contributed by atoms with Crippen LogP contribution in [0, 0.1) is 13.8 Å². The number of rotatable bonds is 5. The maximum absolute atomic E-state index is 13.1. The Kier molecular flexibility index (Phi) is 6.54. The van der Waals surface area contributed by atoms with E-state index in [0.717, 1.165) is 17.2 Å². The minimum atomic E-state index is -4.55. The number of hydrogen-bond donors (Lipinski definition) is 2. The third-order valence-electron chi connectivity index (χ3n) is 4.90. The number of aryl methyl sites for hydroxylation is 2. The zero-order valence-electron chi connectivity index (χ0n) is 16.6. The lowest BCUT2D eigenvalue weighted by Crippen LogP contribution is -2.35. The molecule has 3 N–H and O–H groups in total. The highest BCUT2D eigenvalue weighted by molar-refractivity contribution is 6.33. The van der Waals surface area contributed by atoms with Gasteiger partial charge in [-0.05, 0) is 59.9 Å². The van der Waals surface area contributed by atoms with Crippen molar-refractivity contribution in [1.29, 1.82) is 0 Å². The van der Waals surface area contributed by atoms with Gasteiger partial charge in [-0.1, -0.05) is 66.2 Å². The zero-order valence-corrected chi connectivity index (χ0v) is 17.4. The van der Waals surface area contributed by atoms with E-state index in [4.69, 9.17) is 17.3 Å². The number of para-hydroxylation sites is 1. The van der Waals surface area contributed by atoms with Gasteiger partial charge in [-0.25, -0.2) is 0 Å². The van der Waals surface area contributed by atoms with E-state index in [1.807, 2.05) is 38.1 Å². The number of benzene rings is 3. The smallest absolute Gasteiger partial charge is 0.354 e. The van der Waals surface area contributed by atoms with Gasteiger partial charge in [0.1, 0.15) is 6.04 Å². The summed E-state index contributed by atoms with van der Waals surface area (Å²) in [4.78, 5) is 0. The summed E-state index contributed by atoms with van der Waals surface area (Å²) in [6, 6.07) is 18.2. The minimum absolute atomic E-state index is 0.236. The van der Waals surface area contributed by atoms with Crippen LogP contribution in [0.5, 0.6) is 0 Å². The van der Waals surface area contributed by atoms with E-state index in [-0.39, 0.29) is 5.70 Å². The van der Waals surface area contributed by atoms with E-state index >= 15 is 0 Å². The van der Waals surface area contributed by atoms with E-state index in [1.165, 1.54) is 11.1 Å². The first-order chi connectivity index (χ1) is 14.1. The molecule has 1 atom stereocenters. The molecule has 3 rings (SSSR count). The molecule has 0 saturated carbocycles. The van der Waals surface area contributed by atoms with Gasteiger partial charge in [0.15, 0.2) is 0 Å². The Balaban J connectivity index is 1.97. The Bertz CT molecular complexity index is 1060. The summed E-state index contributed by atoms with van der Waals surface area (Å²) >= 11 is 6.17. The molecule has 156 valence electrons. The van der Waals surface area contributed by atoms with E-state index in [9.17, 15) is 13.2 Å². The van der Waals surface area contributed by atoms with Crippen LogP contribution in [-0.4, -0.2) is 12.2 Å². The Labute approximate surface area is 179 Å². The van der Waals surface area contributed by atoms with Crippen LogP contribution in [0.1, 0.15) is 16.7 Å². The van der Waals surface area contributed by atoms with Crippen molar-refractivity contribution < 1.29 is 13.2 Å². The molecule has 0 saturated heterocycles.